The van der Waals surface area contributed by atoms with Crippen LogP contribution in [-0.2, 0) is 16.0 Å². The molecule has 0 heterocycles. The predicted octanol–water partition coefficient (Wildman–Crippen LogP) is 1.87. The van der Waals surface area contributed by atoms with Gasteiger partial charge in [0, 0.05) is 6.04 Å². The maximum Gasteiger partial charge on any atom is 0.460 e. The first-order valence-corrected chi connectivity index (χ1v) is 5.26. The number of alkyl halides is 3. The molecule has 0 saturated carbocycles. The molecule has 1 N–H and O–H groups in total. The van der Waals surface area contributed by atoms with Crippen LogP contribution in [0.1, 0.15) is 12.5 Å². The van der Waals surface area contributed by atoms with Gasteiger partial charge in [-0.25, -0.2) is 0 Å². The average Bonchev–Trinajstić information content (AvgIpc) is 2.27. The molecule has 18 heavy (non-hydrogen) atoms. The van der Waals surface area contributed by atoms with E-state index in [0.29, 0.717) is 6.42 Å². The van der Waals surface area contributed by atoms with Crippen LogP contribution in [0.25, 0.3) is 0 Å². The fourth-order valence-electron chi connectivity index (χ4n) is 1.44. The molecule has 0 spiro atoms. The van der Waals surface area contributed by atoms with Crippen LogP contribution in [-0.4, -0.2) is 23.9 Å². The summed E-state index contributed by atoms with van der Waals surface area (Å²) in [5.41, 5.74) is 0.866. The van der Waals surface area contributed by atoms with E-state index >= 15 is 0 Å². The Morgan fingerprint density at radius 3 is 2.28 bits per heavy atom. The maximum absolute atomic E-state index is 12.0. The molecule has 0 bridgehead atoms. The molecule has 6 heteroatoms. The Kier molecular flexibility index (Phi) is 4.47. The molecule has 3 nitrogen and oxygen atoms in total. The van der Waals surface area contributed by atoms with Crippen molar-refractivity contribution in [2.45, 2.75) is 25.6 Å². The number of hydrogen-bond acceptors (Lipinski definition) is 2. The third-order valence-electron chi connectivity index (χ3n) is 2.23. The number of amides is 1. The highest BCUT2D eigenvalue weighted by Crippen LogP contribution is 2.15. The molecule has 98 valence electrons. The molecule has 0 unspecified atom stereocenters. The summed E-state index contributed by atoms with van der Waals surface area (Å²) < 4.78 is 35.9. The monoisotopic (exact) mass is 259 g/mol. The van der Waals surface area contributed by atoms with E-state index in [9.17, 15) is 22.8 Å². The lowest BCUT2D eigenvalue weighted by atomic mass is 10.1. The van der Waals surface area contributed by atoms with E-state index in [2.05, 4.69) is 0 Å². The SMILES string of the molecule is C[C@@H](Cc1ccccc1)NC(=O)C(=O)C(F)(F)F. The smallest absolute Gasteiger partial charge is 0.346 e. The fraction of sp³-hybridized carbons (Fsp3) is 0.333. The summed E-state index contributed by atoms with van der Waals surface area (Å²) in [5, 5.41) is 2.03. The van der Waals surface area contributed by atoms with Gasteiger partial charge in [0.25, 0.3) is 5.91 Å². The van der Waals surface area contributed by atoms with Crippen molar-refractivity contribution >= 4 is 11.7 Å². The molecule has 1 aromatic rings. The first-order chi connectivity index (χ1) is 8.30. The van der Waals surface area contributed by atoms with Crippen molar-refractivity contribution in [3.8, 4) is 0 Å². The van der Waals surface area contributed by atoms with Crippen LogP contribution >= 0.6 is 0 Å². The summed E-state index contributed by atoms with van der Waals surface area (Å²) in [4.78, 5) is 21.6. The van der Waals surface area contributed by atoms with Gasteiger partial charge >= 0.3 is 12.0 Å². The number of Topliss-reactive ketones (excluding diaryl/α,β-unsaturated/α-hetero) is 1. The number of ketones is 1. The molecular formula is C12H12F3NO2. The van der Waals surface area contributed by atoms with Gasteiger partial charge in [-0.1, -0.05) is 30.3 Å². The van der Waals surface area contributed by atoms with E-state index in [-0.39, 0.29) is 0 Å². The first-order valence-electron chi connectivity index (χ1n) is 5.26. The van der Waals surface area contributed by atoms with Crippen molar-refractivity contribution in [3.05, 3.63) is 35.9 Å². The molecule has 0 aliphatic heterocycles. The van der Waals surface area contributed by atoms with Crippen LogP contribution in [0.2, 0.25) is 0 Å². The Bertz CT molecular complexity index is 429. The predicted molar refractivity (Wildman–Crippen MR) is 58.8 cm³/mol. The van der Waals surface area contributed by atoms with Crippen molar-refractivity contribution in [3.63, 3.8) is 0 Å². The third kappa shape index (κ3) is 4.20. The highest BCUT2D eigenvalue weighted by molar-refractivity contribution is 6.38. The molecule has 1 atom stereocenters. The van der Waals surface area contributed by atoms with Crippen molar-refractivity contribution < 1.29 is 22.8 Å². The normalized spacial score (nSPS) is 12.9. The van der Waals surface area contributed by atoms with Gasteiger partial charge in [-0.3, -0.25) is 9.59 Å². The Labute approximate surface area is 102 Å². The summed E-state index contributed by atoms with van der Waals surface area (Å²) >= 11 is 0. The fourth-order valence-corrected chi connectivity index (χ4v) is 1.44. The zero-order valence-corrected chi connectivity index (χ0v) is 9.62. The molecule has 1 rings (SSSR count). The van der Waals surface area contributed by atoms with Crippen LogP contribution in [0.3, 0.4) is 0 Å². The molecule has 0 aromatic heterocycles. The third-order valence-corrected chi connectivity index (χ3v) is 2.23. The Morgan fingerprint density at radius 1 is 1.22 bits per heavy atom. The van der Waals surface area contributed by atoms with Crippen LogP contribution < -0.4 is 5.32 Å². The number of carbonyl (C=O) groups is 2. The van der Waals surface area contributed by atoms with E-state index in [0.717, 1.165) is 5.56 Å². The second-order valence-corrected chi connectivity index (χ2v) is 3.89. The second-order valence-electron chi connectivity index (χ2n) is 3.89. The molecule has 0 aliphatic rings. The lowest BCUT2D eigenvalue weighted by Crippen LogP contribution is -2.44. The number of nitrogens with one attached hydrogen (secondary N) is 1. The maximum atomic E-state index is 12.0. The lowest BCUT2D eigenvalue weighted by Gasteiger charge is -2.14. The topological polar surface area (TPSA) is 46.2 Å². The van der Waals surface area contributed by atoms with Gasteiger partial charge in [-0.15, -0.1) is 0 Å². The number of rotatable bonds is 4. The van der Waals surface area contributed by atoms with Crippen molar-refractivity contribution in [2.75, 3.05) is 0 Å². The van der Waals surface area contributed by atoms with Crippen molar-refractivity contribution in [1.29, 1.82) is 0 Å². The minimum atomic E-state index is -5.13. The van der Waals surface area contributed by atoms with Crippen molar-refractivity contribution in [1.82, 2.24) is 5.32 Å². The quantitative estimate of drug-likeness (QED) is 0.839. The standard InChI is InChI=1S/C12H12F3NO2/c1-8(7-9-5-3-2-4-6-9)16-11(18)10(17)12(13,14)15/h2-6,8H,7H2,1H3,(H,16,18)/t8-/m0/s1. The van der Waals surface area contributed by atoms with Gasteiger partial charge in [0.15, 0.2) is 0 Å². The van der Waals surface area contributed by atoms with Crippen LogP contribution in [0.4, 0.5) is 13.2 Å². The average molecular weight is 259 g/mol. The van der Waals surface area contributed by atoms with Gasteiger partial charge in [-0.05, 0) is 18.9 Å². The van der Waals surface area contributed by atoms with Gasteiger partial charge in [0.2, 0.25) is 0 Å². The van der Waals surface area contributed by atoms with Gasteiger partial charge in [0.05, 0.1) is 0 Å². The molecular weight excluding hydrogens is 247 g/mol. The summed E-state index contributed by atoms with van der Waals surface area (Å²) in [6, 6.07) is 8.39. The Hall–Kier alpha value is -1.85. The summed E-state index contributed by atoms with van der Waals surface area (Å²) in [6.07, 6.45) is -4.77. The van der Waals surface area contributed by atoms with Gasteiger partial charge in [-0.2, -0.15) is 13.2 Å². The zero-order valence-electron chi connectivity index (χ0n) is 9.62. The minimum absolute atomic E-state index is 0.359. The molecule has 1 aromatic carbocycles. The van der Waals surface area contributed by atoms with Crippen molar-refractivity contribution in [2.24, 2.45) is 0 Å². The minimum Gasteiger partial charge on any atom is -0.346 e. The number of carbonyl (C=O) groups excluding carboxylic acids is 2. The van der Waals surface area contributed by atoms with Crippen LogP contribution in [0.5, 0.6) is 0 Å². The van der Waals surface area contributed by atoms with E-state index in [1.165, 1.54) is 6.92 Å². The molecule has 1 amide bonds. The first kappa shape index (κ1) is 14.2. The van der Waals surface area contributed by atoms with Crippen LogP contribution in [0, 0.1) is 0 Å². The summed E-state index contributed by atoms with van der Waals surface area (Å²) in [6.45, 7) is 1.54. The molecule has 0 aliphatic carbocycles. The number of hydrogen-bond donors (Lipinski definition) is 1. The van der Waals surface area contributed by atoms with E-state index in [1.54, 1.807) is 30.3 Å². The summed E-state index contributed by atoms with van der Waals surface area (Å²) in [7, 11) is 0. The summed E-state index contributed by atoms with van der Waals surface area (Å²) in [5.74, 6) is -3.99. The van der Waals surface area contributed by atoms with E-state index in [1.807, 2.05) is 5.32 Å². The molecule has 0 radical (unpaired) electrons. The van der Waals surface area contributed by atoms with E-state index < -0.39 is 23.9 Å². The Balaban J connectivity index is 2.53. The molecule has 0 fully saturated rings. The van der Waals surface area contributed by atoms with Gasteiger partial charge < -0.3 is 5.32 Å². The Morgan fingerprint density at radius 2 is 1.78 bits per heavy atom. The van der Waals surface area contributed by atoms with Gasteiger partial charge in [0.1, 0.15) is 0 Å². The molecule has 0 saturated heterocycles. The second kappa shape index (κ2) is 5.66. The van der Waals surface area contributed by atoms with Crippen LogP contribution in [0.15, 0.2) is 30.3 Å². The lowest BCUT2D eigenvalue weighted by molar-refractivity contribution is -0.175. The van der Waals surface area contributed by atoms with E-state index in [4.69, 9.17) is 0 Å². The highest BCUT2D eigenvalue weighted by atomic mass is 19.4. The number of halogens is 3. The highest BCUT2D eigenvalue weighted by Gasteiger charge is 2.43. The zero-order chi connectivity index (χ0) is 13.8. The number of benzene rings is 1. The largest absolute Gasteiger partial charge is 0.460 e.